The summed E-state index contributed by atoms with van der Waals surface area (Å²) in [4.78, 5) is 7.57. The molecule has 0 radical (unpaired) electrons. The Labute approximate surface area is 159 Å². The molecule has 0 saturated carbocycles. The largest absolute Gasteiger partial charge is 0.424 e. The maximum Gasteiger partial charge on any atom is 0.419 e. The van der Waals surface area contributed by atoms with Gasteiger partial charge in [0.2, 0.25) is 0 Å². The molecule has 0 bridgehead atoms. The predicted octanol–water partition coefficient (Wildman–Crippen LogP) is 4.67. The van der Waals surface area contributed by atoms with Crippen LogP contribution in [0.15, 0.2) is 59.6 Å². The average molecular weight is 408 g/mol. The lowest BCUT2D eigenvalue weighted by Crippen LogP contribution is -2.10. The minimum Gasteiger partial charge on any atom is -0.424 e. The van der Waals surface area contributed by atoms with Crippen LogP contribution < -0.4 is 4.74 Å². The number of sulfone groups is 1. The molecule has 0 aliphatic heterocycles. The normalized spacial score (nSPS) is 12.0. The van der Waals surface area contributed by atoms with Crippen molar-refractivity contribution in [2.75, 3.05) is 6.26 Å². The zero-order valence-corrected chi connectivity index (χ0v) is 15.7. The second-order valence-electron chi connectivity index (χ2n) is 6.12. The van der Waals surface area contributed by atoms with Gasteiger partial charge in [-0.3, -0.25) is 0 Å². The third-order valence-electron chi connectivity index (χ3n) is 3.86. The van der Waals surface area contributed by atoms with Crippen molar-refractivity contribution in [3.63, 3.8) is 0 Å². The van der Waals surface area contributed by atoms with Crippen molar-refractivity contribution >= 4 is 9.84 Å². The molecule has 146 valence electrons. The van der Waals surface area contributed by atoms with Gasteiger partial charge in [-0.05, 0) is 31.2 Å². The zero-order valence-electron chi connectivity index (χ0n) is 14.9. The number of rotatable bonds is 4. The minimum absolute atomic E-state index is 0.00464. The van der Waals surface area contributed by atoms with Crippen molar-refractivity contribution in [1.82, 2.24) is 9.97 Å². The summed E-state index contributed by atoms with van der Waals surface area (Å²) in [7, 11) is -3.47. The van der Waals surface area contributed by atoms with Crippen LogP contribution in [-0.2, 0) is 16.0 Å². The molecule has 0 amide bonds. The Morgan fingerprint density at radius 3 is 2.11 bits per heavy atom. The quantitative estimate of drug-likeness (QED) is 0.628. The molecule has 1 heterocycles. The van der Waals surface area contributed by atoms with Crippen LogP contribution in [0.1, 0.15) is 11.1 Å². The first-order chi connectivity index (χ1) is 13.0. The molecular weight excluding hydrogens is 393 g/mol. The second-order valence-corrected chi connectivity index (χ2v) is 8.14. The van der Waals surface area contributed by atoms with Crippen LogP contribution in [0, 0.1) is 6.92 Å². The van der Waals surface area contributed by atoms with Crippen molar-refractivity contribution < 1.29 is 26.3 Å². The molecule has 9 heteroatoms. The van der Waals surface area contributed by atoms with Gasteiger partial charge in [-0.1, -0.05) is 29.8 Å². The van der Waals surface area contributed by atoms with Crippen LogP contribution >= 0.6 is 0 Å². The SMILES string of the molecule is Cc1ccc(Oc2ncc(C(F)(F)F)c(-c3ccc(S(C)(=O)=O)cc3)n2)cc1. The molecule has 0 fully saturated rings. The van der Waals surface area contributed by atoms with Gasteiger partial charge in [0.25, 0.3) is 0 Å². The first kappa shape index (κ1) is 19.8. The number of halogens is 3. The Kier molecular flexibility index (Phi) is 5.12. The standard InChI is InChI=1S/C19H15F3N2O3S/c1-12-3-7-14(8-4-12)27-18-23-11-16(19(20,21)22)17(24-18)13-5-9-15(10-6-13)28(2,25)26/h3-11H,1-2H3. The van der Waals surface area contributed by atoms with Crippen LogP contribution in [-0.4, -0.2) is 24.6 Å². The van der Waals surface area contributed by atoms with Gasteiger partial charge in [0.05, 0.1) is 10.6 Å². The minimum atomic E-state index is -4.69. The molecule has 0 aliphatic rings. The van der Waals surface area contributed by atoms with Crippen molar-refractivity contribution in [2.45, 2.75) is 18.0 Å². The van der Waals surface area contributed by atoms with E-state index < -0.39 is 27.3 Å². The molecule has 1 aromatic heterocycles. The van der Waals surface area contributed by atoms with E-state index in [-0.39, 0.29) is 16.5 Å². The molecule has 3 aromatic rings. The Morgan fingerprint density at radius 1 is 0.964 bits per heavy atom. The fourth-order valence-corrected chi connectivity index (χ4v) is 3.04. The number of ether oxygens (including phenoxy) is 1. The van der Waals surface area contributed by atoms with Gasteiger partial charge in [-0.15, -0.1) is 0 Å². The van der Waals surface area contributed by atoms with Gasteiger partial charge in [0, 0.05) is 18.0 Å². The van der Waals surface area contributed by atoms with E-state index in [2.05, 4.69) is 9.97 Å². The van der Waals surface area contributed by atoms with Gasteiger partial charge in [-0.2, -0.15) is 18.2 Å². The van der Waals surface area contributed by atoms with E-state index in [0.29, 0.717) is 11.9 Å². The van der Waals surface area contributed by atoms with Gasteiger partial charge in [0.1, 0.15) is 11.3 Å². The van der Waals surface area contributed by atoms with E-state index in [4.69, 9.17) is 4.74 Å². The lowest BCUT2D eigenvalue weighted by molar-refractivity contribution is -0.137. The molecule has 28 heavy (non-hydrogen) atoms. The van der Waals surface area contributed by atoms with Gasteiger partial charge in [-0.25, -0.2) is 13.4 Å². The summed E-state index contributed by atoms with van der Waals surface area (Å²) in [6, 6.07) is 11.6. The van der Waals surface area contributed by atoms with Crippen molar-refractivity contribution in [3.8, 4) is 23.0 Å². The highest BCUT2D eigenvalue weighted by molar-refractivity contribution is 7.90. The Bertz CT molecular complexity index is 1090. The highest BCUT2D eigenvalue weighted by atomic mass is 32.2. The summed E-state index contributed by atoms with van der Waals surface area (Å²) in [6.45, 7) is 1.89. The zero-order chi connectivity index (χ0) is 20.5. The Balaban J connectivity index is 2.05. The highest BCUT2D eigenvalue weighted by Crippen LogP contribution is 2.37. The van der Waals surface area contributed by atoms with E-state index in [1.807, 2.05) is 6.92 Å². The summed E-state index contributed by atoms with van der Waals surface area (Å²) in [6.07, 6.45) is -3.02. The van der Waals surface area contributed by atoms with Crippen LogP contribution in [0.3, 0.4) is 0 Å². The fraction of sp³-hybridized carbons (Fsp3) is 0.158. The van der Waals surface area contributed by atoms with E-state index in [1.54, 1.807) is 24.3 Å². The maximum atomic E-state index is 13.4. The fourth-order valence-electron chi connectivity index (χ4n) is 2.41. The molecule has 0 N–H and O–H groups in total. The van der Waals surface area contributed by atoms with E-state index in [1.165, 1.54) is 24.3 Å². The molecule has 0 aliphatic carbocycles. The van der Waals surface area contributed by atoms with E-state index in [0.717, 1.165) is 11.8 Å². The van der Waals surface area contributed by atoms with Crippen molar-refractivity contribution in [1.29, 1.82) is 0 Å². The summed E-state index contributed by atoms with van der Waals surface area (Å²) in [5, 5.41) is 0. The molecule has 2 aromatic carbocycles. The van der Waals surface area contributed by atoms with E-state index >= 15 is 0 Å². The van der Waals surface area contributed by atoms with Gasteiger partial charge < -0.3 is 4.74 Å². The number of nitrogens with zero attached hydrogens (tertiary/aromatic N) is 2. The molecule has 5 nitrogen and oxygen atoms in total. The topological polar surface area (TPSA) is 69.2 Å². The first-order valence-corrected chi connectivity index (χ1v) is 9.92. The molecule has 3 rings (SSSR count). The lowest BCUT2D eigenvalue weighted by Gasteiger charge is -2.13. The summed E-state index contributed by atoms with van der Waals surface area (Å²) < 4.78 is 68.7. The Morgan fingerprint density at radius 2 is 1.57 bits per heavy atom. The van der Waals surface area contributed by atoms with Gasteiger partial charge >= 0.3 is 12.2 Å². The number of benzene rings is 2. The molecule has 0 atom stereocenters. The third kappa shape index (κ3) is 4.48. The van der Waals surface area contributed by atoms with Crippen LogP contribution in [0.2, 0.25) is 0 Å². The smallest absolute Gasteiger partial charge is 0.419 e. The summed E-state index contributed by atoms with van der Waals surface area (Å²) >= 11 is 0. The summed E-state index contributed by atoms with van der Waals surface area (Å²) in [5.74, 6) is 0.378. The van der Waals surface area contributed by atoms with Crippen LogP contribution in [0.25, 0.3) is 11.3 Å². The third-order valence-corrected chi connectivity index (χ3v) is 4.99. The predicted molar refractivity (Wildman–Crippen MR) is 96.8 cm³/mol. The maximum absolute atomic E-state index is 13.4. The van der Waals surface area contributed by atoms with Gasteiger partial charge in [0.15, 0.2) is 9.84 Å². The number of alkyl halides is 3. The lowest BCUT2D eigenvalue weighted by atomic mass is 10.1. The monoisotopic (exact) mass is 408 g/mol. The van der Waals surface area contributed by atoms with Crippen LogP contribution in [0.5, 0.6) is 11.8 Å². The number of aromatic nitrogens is 2. The van der Waals surface area contributed by atoms with Crippen LogP contribution in [0.4, 0.5) is 13.2 Å². The first-order valence-electron chi connectivity index (χ1n) is 8.03. The molecular formula is C19H15F3N2O3S. The second kappa shape index (κ2) is 7.23. The molecule has 0 unspecified atom stereocenters. The molecule has 0 spiro atoms. The number of aryl methyl sites for hydroxylation is 1. The van der Waals surface area contributed by atoms with Crippen molar-refractivity contribution in [2.24, 2.45) is 0 Å². The highest BCUT2D eigenvalue weighted by Gasteiger charge is 2.35. The number of hydrogen-bond donors (Lipinski definition) is 0. The Hall–Kier alpha value is -2.94. The summed E-state index contributed by atoms with van der Waals surface area (Å²) in [5.41, 5.74) is -0.358. The number of hydrogen-bond acceptors (Lipinski definition) is 5. The van der Waals surface area contributed by atoms with Crippen molar-refractivity contribution in [3.05, 3.63) is 65.9 Å². The van der Waals surface area contributed by atoms with E-state index in [9.17, 15) is 21.6 Å². The average Bonchev–Trinajstić information content (AvgIpc) is 2.62. The molecule has 0 saturated heterocycles.